The van der Waals surface area contributed by atoms with Gasteiger partial charge in [-0.2, -0.15) is 0 Å². The smallest absolute Gasteiger partial charge is 0.330 e. The van der Waals surface area contributed by atoms with Crippen molar-refractivity contribution in [3.63, 3.8) is 0 Å². The summed E-state index contributed by atoms with van der Waals surface area (Å²) < 4.78 is 4.86. The Morgan fingerprint density at radius 1 is 0.950 bits per heavy atom. The summed E-state index contributed by atoms with van der Waals surface area (Å²) in [7, 11) is 1.21. The van der Waals surface area contributed by atoms with Gasteiger partial charge in [-0.15, -0.1) is 0 Å². The van der Waals surface area contributed by atoms with Crippen LogP contribution in [0.25, 0.3) is 0 Å². The number of hydrogen-bond donors (Lipinski definition) is 4. The number of hydrogen-bond acceptors (Lipinski definition) is 5. The average molecular weight is 582 g/mol. The predicted octanol–water partition coefficient (Wildman–Crippen LogP) is 4.83. The van der Waals surface area contributed by atoms with Gasteiger partial charge in [-0.05, 0) is 60.1 Å². The molecule has 0 spiro atoms. The Kier molecular flexibility index (Phi) is 8.47. The first kappa shape index (κ1) is 27.8. The highest BCUT2D eigenvalue weighted by Gasteiger charge is 2.29. The summed E-state index contributed by atoms with van der Waals surface area (Å²) in [6, 6.07) is 17.9. The molecule has 2 aliphatic rings. The van der Waals surface area contributed by atoms with E-state index in [0.717, 1.165) is 31.2 Å². The summed E-state index contributed by atoms with van der Waals surface area (Å²) in [5.74, 6) is -1.37. The van der Waals surface area contributed by atoms with Gasteiger partial charge in [0.15, 0.2) is 0 Å². The van der Waals surface area contributed by atoms with Crippen molar-refractivity contribution in [1.82, 2.24) is 16.0 Å². The number of benzene rings is 3. The van der Waals surface area contributed by atoms with E-state index in [0.29, 0.717) is 5.69 Å². The monoisotopic (exact) mass is 580 g/mol. The molecule has 0 unspecified atom stereocenters. The van der Waals surface area contributed by atoms with Gasteiger partial charge in [-0.1, -0.05) is 71.7 Å². The van der Waals surface area contributed by atoms with Crippen LogP contribution in [0.15, 0.2) is 60.7 Å². The van der Waals surface area contributed by atoms with Crippen LogP contribution in [0.5, 0.6) is 0 Å². The fraction of sp³-hybridized carbons (Fsp3) is 0.300. The minimum atomic E-state index is -1.16. The Bertz CT molecular complexity index is 1420. The van der Waals surface area contributed by atoms with Gasteiger partial charge in [0.2, 0.25) is 0 Å². The summed E-state index contributed by atoms with van der Waals surface area (Å²) >= 11 is 13.0. The Morgan fingerprint density at radius 3 is 2.33 bits per heavy atom. The number of halogens is 2. The van der Waals surface area contributed by atoms with Gasteiger partial charge < -0.3 is 26.0 Å². The zero-order valence-electron chi connectivity index (χ0n) is 21.9. The molecule has 0 saturated heterocycles. The third-order valence-corrected chi connectivity index (χ3v) is 8.13. The number of rotatable bonds is 8. The highest BCUT2D eigenvalue weighted by molar-refractivity contribution is 6.41. The van der Waals surface area contributed by atoms with E-state index in [1.54, 1.807) is 12.1 Å². The van der Waals surface area contributed by atoms with Gasteiger partial charge in [0, 0.05) is 6.04 Å². The molecule has 3 aromatic rings. The maximum atomic E-state index is 13.3. The quantitative estimate of drug-likeness (QED) is 0.285. The number of ether oxygens (including phenoxy) is 1. The highest BCUT2D eigenvalue weighted by atomic mass is 35.5. The summed E-state index contributed by atoms with van der Waals surface area (Å²) in [5, 5.41) is 11.9. The van der Waals surface area contributed by atoms with Crippen molar-refractivity contribution in [1.29, 1.82) is 0 Å². The van der Waals surface area contributed by atoms with Crippen LogP contribution in [0.4, 0.5) is 10.5 Å². The number of esters is 1. The zero-order valence-corrected chi connectivity index (χ0v) is 23.4. The molecular weight excluding hydrogens is 551 g/mol. The Balaban J connectivity index is 1.23. The van der Waals surface area contributed by atoms with E-state index in [2.05, 4.69) is 33.4 Å². The second-order valence-corrected chi connectivity index (χ2v) is 10.8. The molecule has 0 aromatic heterocycles. The number of carbonyl (C=O) groups excluding carboxylic acids is 3. The molecule has 2 atom stereocenters. The zero-order chi connectivity index (χ0) is 28.2. The summed E-state index contributed by atoms with van der Waals surface area (Å²) in [5.41, 5.74) is 5.43. The van der Waals surface area contributed by atoms with Crippen LogP contribution >= 0.6 is 23.2 Å². The van der Waals surface area contributed by atoms with Crippen molar-refractivity contribution >= 4 is 46.8 Å². The molecule has 8 nitrogen and oxygen atoms in total. The fourth-order valence-corrected chi connectivity index (χ4v) is 6.03. The molecule has 0 fully saturated rings. The summed E-state index contributed by atoms with van der Waals surface area (Å²) in [6.07, 6.45) is 3.34. The van der Waals surface area contributed by atoms with Crippen molar-refractivity contribution in [3.05, 3.63) is 98.5 Å². The molecule has 40 heavy (non-hydrogen) atoms. The number of carbonyl (C=O) groups is 3. The van der Waals surface area contributed by atoms with Gasteiger partial charge in [-0.25, -0.2) is 9.59 Å². The first-order valence-electron chi connectivity index (χ1n) is 13.2. The van der Waals surface area contributed by atoms with Gasteiger partial charge in [-0.3, -0.25) is 4.79 Å². The second-order valence-electron chi connectivity index (χ2n) is 10.00. The van der Waals surface area contributed by atoms with Crippen molar-refractivity contribution in [2.45, 2.75) is 43.8 Å². The molecule has 0 bridgehead atoms. The fourth-order valence-electron chi connectivity index (χ4n) is 5.43. The normalized spacial score (nSPS) is 16.4. The number of aryl methyl sites for hydroxylation is 1. The minimum absolute atomic E-state index is 0.0322. The molecule has 0 radical (unpaired) electrons. The van der Waals surface area contributed by atoms with Crippen molar-refractivity contribution in [3.8, 4) is 0 Å². The van der Waals surface area contributed by atoms with E-state index >= 15 is 0 Å². The molecule has 208 valence electrons. The van der Waals surface area contributed by atoms with Crippen LogP contribution in [0.3, 0.4) is 0 Å². The lowest BCUT2D eigenvalue weighted by atomic mass is 10.1. The topological polar surface area (TPSA) is 109 Å². The second kappa shape index (κ2) is 12.2. The van der Waals surface area contributed by atoms with E-state index in [9.17, 15) is 14.4 Å². The van der Waals surface area contributed by atoms with Gasteiger partial charge in [0.1, 0.15) is 6.04 Å². The molecule has 0 saturated carbocycles. The van der Waals surface area contributed by atoms with E-state index < -0.39 is 23.9 Å². The third kappa shape index (κ3) is 6.03. The average Bonchev–Trinajstić information content (AvgIpc) is 3.55. The Hall–Kier alpha value is -3.75. The van der Waals surface area contributed by atoms with Gasteiger partial charge in [0.25, 0.3) is 5.91 Å². The Labute approximate surface area is 242 Å². The van der Waals surface area contributed by atoms with Crippen LogP contribution in [0, 0.1) is 0 Å². The molecular formula is C30H30Cl2N4O4. The summed E-state index contributed by atoms with van der Waals surface area (Å²) in [6.45, 7) is -0.188. The molecule has 4 N–H and O–H groups in total. The maximum Gasteiger partial charge on any atom is 0.330 e. The number of amides is 3. The number of fused-ring (bicyclic) bond motifs is 2. The first-order chi connectivity index (χ1) is 19.3. The lowest BCUT2D eigenvalue weighted by Crippen LogP contribution is -2.51. The van der Waals surface area contributed by atoms with E-state index in [-0.39, 0.29) is 34.2 Å². The SMILES string of the molecule is COC(=O)[C@H](CNC(=O)N[C@@H]1CCc2ccccc21)NC(=O)c1c(Cl)ccc(NC2Cc3ccccc3C2)c1Cl. The maximum absolute atomic E-state index is 13.3. The van der Waals surface area contributed by atoms with E-state index in [4.69, 9.17) is 27.9 Å². The van der Waals surface area contributed by atoms with Crippen molar-refractivity contribution in [2.75, 3.05) is 19.0 Å². The molecule has 2 aliphatic carbocycles. The van der Waals surface area contributed by atoms with Gasteiger partial charge >= 0.3 is 12.0 Å². The standard InChI is InChI=1S/C30H30Cl2N4O4/c1-40-29(38)25(16-33-30(39)36-23-12-10-17-6-4-5-9-21(17)23)35-28(37)26-22(31)11-13-24(27(26)32)34-20-14-18-7-2-3-8-19(18)15-20/h2-9,11,13,20,23,25,34H,10,12,14-16H2,1H3,(H,35,37)(H2,33,36,39)/t23-,25+/m1/s1. The largest absolute Gasteiger partial charge is 0.467 e. The molecule has 0 heterocycles. The lowest BCUT2D eigenvalue weighted by molar-refractivity contribution is -0.142. The predicted molar refractivity (Wildman–Crippen MR) is 155 cm³/mol. The van der Waals surface area contributed by atoms with E-state index in [1.807, 2.05) is 36.4 Å². The van der Waals surface area contributed by atoms with Crippen LogP contribution in [-0.2, 0) is 28.8 Å². The van der Waals surface area contributed by atoms with Crippen molar-refractivity contribution < 1.29 is 19.1 Å². The molecule has 0 aliphatic heterocycles. The first-order valence-corrected chi connectivity index (χ1v) is 13.9. The van der Waals surface area contributed by atoms with Crippen LogP contribution in [0.1, 0.15) is 45.1 Å². The number of nitrogens with one attached hydrogen (secondary N) is 4. The molecule has 5 rings (SSSR count). The number of methoxy groups -OCH3 is 1. The van der Waals surface area contributed by atoms with Crippen molar-refractivity contribution in [2.24, 2.45) is 0 Å². The molecule has 10 heteroatoms. The number of urea groups is 1. The van der Waals surface area contributed by atoms with Crippen LogP contribution < -0.4 is 21.3 Å². The molecule has 3 aromatic carbocycles. The number of anilines is 1. The highest BCUT2D eigenvalue weighted by Crippen LogP contribution is 2.34. The lowest BCUT2D eigenvalue weighted by Gasteiger charge is -2.21. The third-order valence-electron chi connectivity index (χ3n) is 7.42. The summed E-state index contributed by atoms with van der Waals surface area (Å²) in [4.78, 5) is 38.4. The minimum Gasteiger partial charge on any atom is -0.467 e. The van der Waals surface area contributed by atoms with Crippen LogP contribution in [-0.4, -0.2) is 43.6 Å². The van der Waals surface area contributed by atoms with Gasteiger partial charge in [0.05, 0.1) is 41.0 Å². The molecule has 3 amide bonds. The van der Waals surface area contributed by atoms with Crippen LogP contribution in [0.2, 0.25) is 10.0 Å². The Morgan fingerprint density at radius 2 is 1.62 bits per heavy atom. The van der Waals surface area contributed by atoms with E-state index in [1.165, 1.54) is 23.8 Å².